The smallest absolute Gasteiger partial charge is 0.243 e. The van der Waals surface area contributed by atoms with E-state index in [9.17, 15) is 29.1 Å². The first-order valence-corrected chi connectivity index (χ1v) is 35.0. The van der Waals surface area contributed by atoms with Gasteiger partial charge in [-0.25, -0.2) is 15.0 Å². The Balaban J connectivity index is 0.722. The van der Waals surface area contributed by atoms with Crippen LogP contribution in [-0.2, 0) is 51.5 Å². The van der Waals surface area contributed by atoms with Gasteiger partial charge < -0.3 is 72.1 Å². The first-order chi connectivity index (χ1) is 49.4. The van der Waals surface area contributed by atoms with Crippen LogP contribution >= 0.6 is 0 Å². The summed E-state index contributed by atoms with van der Waals surface area (Å²) >= 11 is 0. The van der Waals surface area contributed by atoms with Gasteiger partial charge in [-0.05, 0) is 76.5 Å². The number of benzene rings is 3. The van der Waals surface area contributed by atoms with Crippen LogP contribution in [-0.4, -0.2) is 142 Å². The summed E-state index contributed by atoms with van der Waals surface area (Å²) in [5.41, 5.74) is 7.02. The fourth-order valence-electron chi connectivity index (χ4n) is 14.1. The first kappa shape index (κ1) is 72.4. The van der Waals surface area contributed by atoms with E-state index >= 15 is 4.79 Å². The number of carbonyl (C=O) groups is 6. The van der Waals surface area contributed by atoms with Gasteiger partial charge in [-0.2, -0.15) is 0 Å². The largest absolute Gasteiger partial charge is 0.444 e. The summed E-state index contributed by atoms with van der Waals surface area (Å²) in [5.74, 6) is -2.09. The average Bonchev–Trinajstić information content (AvgIpc) is 1.69. The number of aryl methyl sites for hydroxylation is 3. The van der Waals surface area contributed by atoms with Crippen molar-refractivity contribution in [3.8, 4) is 34.0 Å². The van der Waals surface area contributed by atoms with E-state index in [4.69, 9.17) is 36.3 Å². The molecule has 27 heteroatoms. The highest BCUT2D eigenvalue weighted by atomic mass is 16.5. The summed E-state index contributed by atoms with van der Waals surface area (Å²) in [4.78, 5) is 105. The lowest BCUT2D eigenvalue weighted by Crippen LogP contribution is -2.49. The summed E-state index contributed by atoms with van der Waals surface area (Å²) in [5, 5.41) is 33.0. The number of hydrogen-bond acceptors (Lipinski definition) is 21. The predicted octanol–water partition coefficient (Wildman–Crippen LogP) is 10.6. The first-order valence-electron chi connectivity index (χ1n) is 35.0. The van der Waals surface area contributed by atoms with Gasteiger partial charge in [-0.3, -0.25) is 28.8 Å². The molecule has 3 saturated heterocycles. The fourth-order valence-corrected chi connectivity index (χ4v) is 14.1. The topological polar surface area (TPSA) is 343 Å². The summed E-state index contributed by atoms with van der Waals surface area (Å²) in [6.07, 6.45) is 4.49. The van der Waals surface area contributed by atoms with Crippen LogP contribution in [0.4, 0.5) is 0 Å². The highest BCUT2D eigenvalue weighted by Gasteiger charge is 2.48. The van der Waals surface area contributed by atoms with Gasteiger partial charge in [-0.15, -0.1) is 0 Å². The molecule has 542 valence electrons. The van der Waals surface area contributed by atoms with Gasteiger partial charge in [0.15, 0.2) is 36.5 Å². The van der Waals surface area contributed by atoms with E-state index < -0.39 is 101 Å². The number of hydrogen-bond donors (Lipinski definition) is 4. The Morgan fingerprint density at radius 3 is 1.36 bits per heavy atom. The van der Waals surface area contributed by atoms with Crippen molar-refractivity contribution in [3.63, 3.8) is 0 Å². The molecule has 3 aromatic carbocycles. The van der Waals surface area contributed by atoms with Gasteiger partial charge >= 0.3 is 0 Å². The van der Waals surface area contributed by atoms with E-state index in [0.717, 1.165) is 44.8 Å². The number of carbonyl (C=O) groups excluding carboxylic acids is 6. The third-order valence-corrected chi connectivity index (χ3v) is 19.8. The maximum Gasteiger partial charge on any atom is 0.243 e. The number of aromatic nitrogens is 6. The van der Waals surface area contributed by atoms with Gasteiger partial charge in [-0.1, -0.05) is 123 Å². The summed E-state index contributed by atoms with van der Waals surface area (Å²) in [6.45, 7) is 20.3. The van der Waals surface area contributed by atoms with Gasteiger partial charge in [0.2, 0.25) is 35.4 Å². The number of nitrogens with zero attached hydrogens (tertiary/aromatic N) is 9. The van der Waals surface area contributed by atoms with Crippen molar-refractivity contribution >= 4 is 35.4 Å². The average molecular weight is 1410 g/mol. The van der Waals surface area contributed by atoms with Crippen molar-refractivity contribution in [1.29, 1.82) is 0 Å². The second-order valence-corrected chi connectivity index (χ2v) is 28.2. The Hall–Kier alpha value is -10.4. The molecular formula is C76H88N12O15. The number of aliphatic hydroxyl groups is 1. The molecule has 0 radical (unpaired) electrons. The molecule has 12 atom stereocenters. The fraction of sp³-hybridized carbons (Fsp3) is 0.447. The molecule has 103 heavy (non-hydrogen) atoms. The van der Waals surface area contributed by atoms with Gasteiger partial charge in [0.1, 0.15) is 52.7 Å². The predicted molar refractivity (Wildman–Crippen MR) is 371 cm³/mol. The number of nitrogens with one attached hydrogen (secondary N) is 3. The molecule has 0 aliphatic carbocycles. The van der Waals surface area contributed by atoms with Crippen LogP contribution in [0.2, 0.25) is 0 Å². The van der Waals surface area contributed by atoms with E-state index in [2.05, 4.69) is 46.4 Å². The molecule has 27 nitrogen and oxygen atoms in total. The Bertz CT molecular complexity index is 4420. The summed E-state index contributed by atoms with van der Waals surface area (Å²) in [6, 6.07) is 23.5. The lowest BCUT2D eigenvalue weighted by Gasteiger charge is -2.33. The zero-order valence-electron chi connectivity index (χ0n) is 59.7. The molecule has 0 spiro atoms. The van der Waals surface area contributed by atoms with E-state index in [1.807, 2.05) is 142 Å². The molecule has 0 bridgehead atoms. The molecule has 6 aromatic heterocycles. The van der Waals surface area contributed by atoms with Gasteiger partial charge in [0.05, 0.1) is 84.8 Å². The van der Waals surface area contributed by atoms with Crippen molar-refractivity contribution in [1.82, 2.24) is 61.1 Å². The maximum absolute atomic E-state index is 15.2. The number of amides is 6. The molecule has 12 rings (SSSR count). The minimum atomic E-state index is -1.00. The van der Waals surface area contributed by atoms with Crippen molar-refractivity contribution in [2.24, 2.45) is 5.41 Å². The Kier molecular flexibility index (Phi) is 21.8. The van der Waals surface area contributed by atoms with Crippen LogP contribution in [0.25, 0.3) is 34.0 Å². The second kappa shape index (κ2) is 31.1. The quantitative estimate of drug-likeness (QED) is 0.0391. The maximum atomic E-state index is 15.2. The standard InChI is InChI=1S/C76H88N12O15/c1-12-58(63-26-41(3)83-101-63)73(93)87-34-56(30-61(87)71(91)81-42(4)47-14-20-50(21-15-47)66-32-77-38-98-66)96-36-53-27-64(102-84-53)59(13-2)74(94)88-35-57(31-62(88)72(92)82-44(6)49-18-24-52(25-19-49)69-46(8)79-40-100-69)97-37-54-28-65(103-85-54)67(76(9,10)11)75(95)86-33-55(89)29-60(86)70(90)80-43(5)48-16-22-51(23-17-48)68-45(7)78-39-99-68/h14-28,32,38-40,42-44,55-62,67,89H,12-13,29-31,33-37H2,1-11H3,(H,80,90)(H,81,91)(H,82,92)/t42-,43-,44-,55+,56+,57+,58+,59+,60-,61-,62-,67+/m0/s1. The van der Waals surface area contributed by atoms with Gasteiger partial charge in [0, 0.05) is 73.8 Å². The number of β-amino-alcohol motifs (C(OH)–C–C–N with tert-alkyl or cyclic N) is 1. The van der Waals surface area contributed by atoms with Crippen LogP contribution in [0, 0.1) is 26.2 Å². The third-order valence-electron chi connectivity index (χ3n) is 19.8. The van der Waals surface area contributed by atoms with Crippen molar-refractivity contribution in [2.75, 3.05) is 19.6 Å². The lowest BCUT2D eigenvalue weighted by molar-refractivity contribution is -0.142. The minimum Gasteiger partial charge on any atom is -0.444 e. The van der Waals surface area contributed by atoms with E-state index in [1.54, 1.807) is 36.2 Å². The van der Waals surface area contributed by atoms with Crippen LogP contribution in [0.5, 0.6) is 0 Å². The monoisotopic (exact) mass is 1410 g/mol. The minimum absolute atomic E-state index is 0.00725. The number of oxazole rings is 3. The second-order valence-electron chi connectivity index (χ2n) is 28.2. The SMILES string of the molecule is CC[C@@H](C(=O)N1C[C@H](OCc2cc([C@@H](CC)C(=O)N3C[C@H](OCc4cc([C@H](C(=O)N5C[C@H](O)C[C@H]5C(=O)N[C@@H](C)c5ccc(-c6ocnc6C)cc5)C(C)(C)C)on4)C[C@H]3C(=O)N[C@@H](C)c3ccc(-c4ocnc4C)cc3)on2)C[C@H]1C(=O)N[C@@H](C)c1ccc(-c2cnco2)cc1)c1cc(C)no1. The molecule has 4 N–H and O–H groups in total. The van der Waals surface area contributed by atoms with E-state index in [1.165, 1.54) is 29.0 Å². The van der Waals surface area contributed by atoms with Gasteiger partial charge in [0.25, 0.3) is 0 Å². The van der Waals surface area contributed by atoms with Crippen LogP contribution < -0.4 is 16.0 Å². The molecule has 0 unspecified atom stereocenters. The van der Waals surface area contributed by atoms with Crippen LogP contribution in [0.1, 0.15) is 186 Å². The molecule has 3 fully saturated rings. The third kappa shape index (κ3) is 16.1. The number of likely N-dealkylation sites (tertiary alicyclic amines) is 3. The van der Waals surface area contributed by atoms with Crippen molar-refractivity contribution < 1.29 is 70.2 Å². The Labute approximate surface area is 595 Å². The molecule has 0 saturated carbocycles. The highest BCUT2D eigenvalue weighted by molar-refractivity contribution is 5.93. The lowest BCUT2D eigenvalue weighted by atomic mass is 9.78. The summed E-state index contributed by atoms with van der Waals surface area (Å²) in [7, 11) is 0. The van der Waals surface area contributed by atoms with Crippen molar-refractivity contribution in [2.45, 2.75) is 194 Å². The van der Waals surface area contributed by atoms with Crippen LogP contribution in [0.15, 0.2) is 143 Å². The molecule has 9 aromatic rings. The molecule has 9 heterocycles. The number of ether oxygens (including phenoxy) is 2. The molecular weight excluding hydrogens is 1320 g/mol. The normalized spacial score (nSPS) is 20.2. The zero-order chi connectivity index (χ0) is 73.0. The van der Waals surface area contributed by atoms with E-state index in [0.29, 0.717) is 46.5 Å². The highest BCUT2D eigenvalue weighted by Crippen LogP contribution is 2.40. The molecule has 3 aliphatic rings. The van der Waals surface area contributed by atoms with Crippen LogP contribution in [0.3, 0.4) is 0 Å². The van der Waals surface area contributed by atoms with Crippen molar-refractivity contribution in [3.05, 3.63) is 179 Å². The molecule has 3 aliphatic heterocycles. The van der Waals surface area contributed by atoms with E-state index in [-0.39, 0.29) is 81.9 Å². The zero-order valence-corrected chi connectivity index (χ0v) is 59.7. The summed E-state index contributed by atoms with van der Waals surface area (Å²) < 4.78 is 47.1. The Morgan fingerprint density at radius 2 is 0.951 bits per heavy atom. The molecule has 6 amide bonds. The Morgan fingerprint density at radius 1 is 0.534 bits per heavy atom. The number of aliphatic hydroxyl groups excluding tert-OH is 1. The number of rotatable bonds is 26.